The Labute approximate surface area is 266 Å². The molecule has 6 aliphatic rings. The van der Waals surface area contributed by atoms with Gasteiger partial charge in [-0.15, -0.1) is 11.3 Å². The van der Waals surface area contributed by atoms with E-state index < -0.39 is 17.8 Å². The highest BCUT2D eigenvalue weighted by molar-refractivity contribution is 7.23. The van der Waals surface area contributed by atoms with Crippen LogP contribution in [0.3, 0.4) is 0 Å². The predicted octanol–water partition coefficient (Wildman–Crippen LogP) is 5.53. The second-order valence-corrected chi connectivity index (χ2v) is 14.9. The van der Waals surface area contributed by atoms with E-state index in [1.165, 1.54) is 12.1 Å². The molecule has 4 unspecified atom stereocenters. The van der Waals surface area contributed by atoms with E-state index in [-0.39, 0.29) is 57.2 Å². The number of nitrogen functional groups attached to an aromatic ring is 1. The van der Waals surface area contributed by atoms with Crippen LogP contribution in [0, 0.1) is 23.0 Å². The molecule has 12 heteroatoms. The molecule has 236 valence electrons. The minimum Gasteiger partial charge on any atom is -0.476 e. The van der Waals surface area contributed by atoms with Crippen molar-refractivity contribution in [3.63, 3.8) is 0 Å². The van der Waals surface area contributed by atoms with Gasteiger partial charge in [0.1, 0.15) is 35.2 Å². The fraction of sp³-hybridized carbons (Fsp3) is 0.471. The number of fused-ring (bicyclic) bond motifs is 5. The number of alkyl halides is 1. The fourth-order valence-corrected chi connectivity index (χ4v) is 10.6. The van der Waals surface area contributed by atoms with Crippen molar-refractivity contribution in [2.45, 2.75) is 74.7 Å². The van der Waals surface area contributed by atoms with Crippen molar-refractivity contribution in [3.05, 3.63) is 46.5 Å². The van der Waals surface area contributed by atoms with Gasteiger partial charge in [0.15, 0.2) is 5.82 Å². The molecule has 5 atom stereocenters. The summed E-state index contributed by atoms with van der Waals surface area (Å²) in [6.45, 7) is 2.86. The first-order valence-corrected chi connectivity index (χ1v) is 16.9. The van der Waals surface area contributed by atoms with Crippen molar-refractivity contribution in [1.29, 1.82) is 5.26 Å². The number of aromatic nitrogens is 1. The molecule has 8 nitrogen and oxygen atoms in total. The summed E-state index contributed by atoms with van der Waals surface area (Å²) < 4.78 is 59.6. The fourth-order valence-electron chi connectivity index (χ4n) is 9.66. The third kappa shape index (κ3) is 3.32. The number of piperazine rings is 1. The Morgan fingerprint density at radius 2 is 2.07 bits per heavy atom. The number of pyridine rings is 1. The maximum Gasteiger partial charge on any atom is 0.216 e. The van der Waals surface area contributed by atoms with Gasteiger partial charge in [0.25, 0.3) is 0 Å². The summed E-state index contributed by atoms with van der Waals surface area (Å²) in [5, 5.41) is 14.8. The third-order valence-electron chi connectivity index (χ3n) is 11.9. The Balaban J connectivity index is 1.19. The van der Waals surface area contributed by atoms with Crippen LogP contribution in [-0.2, 0) is 18.0 Å². The Morgan fingerprint density at radius 1 is 1.20 bits per heavy atom. The number of nitrogens with zero attached hydrogens (tertiary/aromatic N) is 4. The maximum atomic E-state index is 17.3. The van der Waals surface area contributed by atoms with Gasteiger partial charge in [0, 0.05) is 48.0 Å². The van der Waals surface area contributed by atoms with E-state index in [4.69, 9.17) is 20.2 Å². The number of piperidine rings is 1. The Morgan fingerprint density at radius 3 is 2.83 bits per heavy atom. The monoisotopic (exact) mass is 644 g/mol. The lowest BCUT2D eigenvalue weighted by Gasteiger charge is -2.77. The second-order valence-electron chi connectivity index (χ2n) is 13.9. The van der Waals surface area contributed by atoms with Gasteiger partial charge in [-0.1, -0.05) is 6.07 Å². The molecule has 0 bridgehead atoms. The van der Waals surface area contributed by atoms with E-state index in [0.717, 1.165) is 61.4 Å². The van der Waals surface area contributed by atoms with Crippen molar-refractivity contribution in [1.82, 2.24) is 15.2 Å². The van der Waals surface area contributed by atoms with E-state index >= 15 is 8.78 Å². The van der Waals surface area contributed by atoms with Crippen LogP contribution in [-0.4, -0.2) is 65.5 Å². The molecule has 10 rings (SSSR count). The molecular weight excluding hydrogens is 613 g/mol. The van der Waals surface area contributed by atoms with E-state index in [1.807, 2.05) is 6.07 Å². The third-order valence-corrected chi connectivity index (χ3v) is 12.9. The van der Waals surface area contributed by atoms with E-state index in [2.05, 4.69) is 21.2 Å². The number of halogens is 3. The van der Waals surface area contributed by atoms with Crippen molar-refractivity contribution < 1.29 is 22.6 Å². The Hall–Kier alpha value is -3.63. The smallest absolute Gasteiger partial charge is 0.216 e. The molecule has 4 saturated heterocycles. The molecule has 46 heavy (non-hydrogen) atoms. The minimum absolute atomic E-state index is 0.129. The lowest BCUT2D eigenvalue weighted by atomic mass is 9.53. The van der Waals surface area contributed by atoms with Crippen LogP contribution in [0.5, 0.6) is 5.88 Å². The number of hydrogen-bond donors (Lipinski definition) is 2. The summed E-state index contributed by atoms with van der Waals surface area (Å²) in [6, 6.07) is 7.49. The van der Waals surface area contributed by atoms with Gasteiger partial charge < -0.3 is 25.4 Å². The highest BCUT2D eigenvalue weighted by Gasteiger charge is 2.71. The van der Waals surface area contributed by atoms with Gasteiger partial charge in [0.2, 0.25) is 5.88 Å². The first-order chi connectivity index (χ1) is 22.3. The van der Waals surface area contributed by atoms with Crippen LogP contribution in [0.1, 0.15) is 48.8 Å². The van der Waals surface area contributed by atoms with E-state index in [0.29, 0.717) is 52.8 Å². The number of anilines is 2. The van der Waals surface area contributed by atoms with Crippen LogP contribution >= 0.6 is 11.3 Å². The molecule has 0 amide bonds. The number of ether oxygens (including phenoxy) is 2. The van der Waals surface area contributed by atoms with Gasteiger partial charge in [-0.05, 0) is 55.0 Å². The molecule has 5 fully saturated rings. The number of benzene rings is 2. The first kappa shape index (κ1) is 27.5. The van der Waals surface area contributed by atoms with Gasteiger partial charge >= 0.3 is 0 Å². The summed E-state index contributed by atoms with van der Waals surface area (Å²) in [5.41, 5.74) is 9.24. The zero-order valence-corrected chi connectivity index (χ0v) is 25.8. The number of nitrogens with two attached hydrogens (primary N) is 1. The summed E-state index contributed by atoms with van der Waals surface area (Å²) in [4.78, 5) is 9.43. The summed E-state index contributed by atoms with van der Waals surface area (Å²) in [6.07, 6.45) is 3.55. The van der Waals surface area contributed by atoms with Crippen molar-refractivity contribution in [3.8, 4) is 23.1 Å². The van der Waals surface area contributed by atoms with Gasteiger partial charge in [0.05, 0.1) is 46.3 Å². The SMILES string of the molecule is N#Cc1c(N)sc2c(F)ccc(-c3c4c(c5c(N6C7CCC78NCC68)cc(OC[C@@]67CCCN6CC(F)C7)nc5c3F)COC4)c12. The lowest BCUT2D eigenvalue weighted by molar-refractivity contribution is -0.0514. The number of hydrogen-bond acceptors (Lipinski definition) is 9. The largest absolute Gasteiger partial charge is 0.476 e. The molecule has 3 N–H and O–H groups in total. The van der Waals surface area contributed by atoms with Crippen LogP contribution in [0.15, 0.2) is 18.2 Å². The number of nitriles is 1. The van der Waals surface area contributed by atoms with Crippen LogP contribution in [0.25, 0.3) is 32.1 Å². The van der Waals surface area contributed by atoms with Crippen LogP contribution < -0.4 is 20.7 Å². The zero-order valence-electron chi connectivity index (χ0n) is 25.0. The van der Waals surface area contributed by atoms with E-state index in [9.17, 15) is 9.65 Å². The lowest BCUT2D eigenvalue weighted by Crippen LogP contribution is -2.96. The molecule has 7 heterocycles. The number of nitrogens with one attached hydrogen (secondary N) is 1. The van der Waals surface area contributed by atoms with E-state index in [1.54, 1.807) is 0 Å². The first-order valence-electron chi connectivity index (χ1n) is 16.1. The molecule has 0 radical (unpaired) electrons. The molecule has 1 saturated carbocycles. The van der Waals surface area contributed by atoms with Crippen molar-refractivity contribution in [2.24, 2.45) is 0 Å². The molecular formula is C34H31F3N6O2S. The summed E-state index contributed by atoms with van der Waals surface area (Å²) in [7, 11) is 0. The normalized spacial score (nSPS) is 30.7. The maximum absolute atomic E-state index is 17.3. The Kier molecular flexibility index (Phi) is 5.53. The second kappa shape index (κ2) is 9.25. The van der Waals surface area contributed by atoms with Crippen LogP contribution in [0.2, 0.25) is 0 Å². The summed E-state index contributed by atoms with van der Waals surface area (Å²) >= 11 is 0.987. The quantitative estimate of drug-likeness (QED) is 0.293. The number of rotatable bonds is 5. The highest BCUT2D eigenvalue weighted by Crippen LogP contribution is 2.59. The average molecular weight is 645 g/mol. The molecule has 1 spiro atoms. The van der Waals surface area contributed by atoms with Gasteiger partial charge in [-0.2, -0.15) is 5.26 Å². The Bertz CT molecular complexity index is 2040. The number of thiophene rings is 1. The molecule has 4 aromatic rings. The standard InChI is InChI=1S/C34H31F3N6O2S/c35-16-9-33(5-1-7-42(33)12-16)15-45-25-8-22(43-23-4-6-34(23)24(43)11-40-34)28-20-14-44-13-19(20)26(29(37)30(28)41-25)17-2-3-21(36)31-27(17)18(10-38)32(39)46-31/h2-3,8,16,23-24,40H,1,4-7,9,11-15,39H2/t16?,23?,24?,33-,34?/m0/s1. The minimum atomic E-state index is -0.887. The van der Waals surface area contributed by atoms with Gasteiger partial charge in [-0.3, -0.25) is 4.90 Å². The molecule has 1 aliphatic carbocycles. The molecule has 5 aliphatic heterocycles. The van der Waals surface area contributed by atoms with Crippen LogP contribution in [0.4, 0.5) is 23.9 Å². The molecule has 2 aromatic heterocycles. The van der Waals surface area contributed by atoms with Gasteiger partial charge in [-0.25, -0.2) is 18.2 Å². The highest BCUT2D eigenvalue weighted by atomic mass is 32.1. The van der Waals surface area contributed by atoms with Crippen molar-refractivity contribution in [2.75, 3.05) is 36.9 Å². The van der Waals surface area contributed by atoms with Crippen molar-refractivity contribution >= 4 is 43.0 Å². The average Bonchev–Trinajstić information content (AvgIpc) is 3.78. The predicted molar refractivity (Wildman–Crippen MR) is 169 cm³/mol. The molecule has 2 aromatic carbocycles. The topological polar surface area (TPSA) is 99.7 Å². The summed E-state index contributed by atoms with van der Waals surface area (Å²) in [5.74, 6) is -0.772. The zero-order chi connectivity index (χ0) is 31.1.